The zero-order valence-corrected chi connectivity index (χ0v) is 11.7. The highest BCUT2D eigenvalue weighted by molar-refractivity contribution is 6.37. The lowest BCUT2D eigenvalue weighted by Gasteiger charge is -2.08. The first-order valence-corrected chi connectivity index (χ1v) is 6.39. The standard InChI is InChI=1S/C14H10Cl2N2O2/c15-9-4-5-11(12(16)7-9)14(20)18-10-3-1-2-8(6-10)13(17)19/h1-7H,(H2,17,19)(H,18,20). The van der Waals surface area contributed by atoms with Crippen molar-refractivity contribution in [2.45, 2.75) is 0 Å². The van der Waals surface area contributed by atoms with E-state index >= 15 is 0 Å². The van der Waals surface area contributed by atoms with Gasteiger partial charge >= 0.3 is 0 Å². The summed E-state index contributed by atoms with van der Waals surface area (Å²) in [5.74, 6) is -0.959. The number of anilines is 1. The van der Waals surface area contributed by atoms with Gasteiger partial charge in [0.05, 0.1) is 10.6 Å². The molecule has 6 heteroatoms. The maximum Gasteiger partial charge on any atom is 0.257 e. The number of carbonyl (C=O) groups excluding carboxylic acids is 2. The lowest BCUT2D eigenvalue weighted by Crippen LogP contribution is -2.14. The van der Waals surface area contributed by atoms with Crippen LogP contribution >= 0.6 is 23.2 Å². The Morgan fingerprint density at radius 3 is 2.45 bits per heavy atom. The second-order valence-electron chi connectivity index (χ2n) is 4.02. The Hall–Kier alpha value is -2.04. The molecule has 20 heavy (non-hydrogen) atoms. The molecular formula is C14H10Cl2N2O2. The molecule has 102 valence electrons. The van der Waals surface area contributed by atoms with Gasteiger partial charge in [0.25, 0.3) is 5.91 Å². The van der Waals surface area contributed by atoms with Gasteiger partial charge in [-0.2, -0.15) is 0 Å². The third-order valence-corrected chi connectivity index (χ3v) is 3.13. The molecule has 0 heterocycles. The van der Waals surface area contributed by atoms with E-state index in [9.17, 15) is 9.59 Å². The van der Waals surface area contributed by atoms with Gasteiger partial charge in [0, 0.05) is 16.3 Å². The predicted molar refractivity (Wildman–Crippen MR) is 79.4 cm³/mol. The minimum absolute atomic E-state index is 0.251. The van der Waals surface area contributed by atoms with E-state index in [-0.39, 0.29) is 5.02 Å². The minimum atomic E-state index is -0.564. The van der Waals surface area contributed by atoms with Gasteiger partial charge in [0.1, 0.15) is 0 Å². The zero-order valence-electron chi connectivity index (χ0n) is 10.2. The van der Waals surface area contributed by atoms with Crippen molar-refractivity contribution in [1.82, 2.24) is 0 Å². The third kappa shape index (κ3) is 3.29. The number of hydrogen-bond donors (Lipinski definition) is 2. The van der Waals surface area contributed by atoms with Gasteiger partial charge in [0.2, 0.25) is 5.91 Å². The molecule has 2 aromatic rings. The topological polar surface area (TPSA) is 72.2 Å². The van der Waals surface area contributed by atoms with E-state index in [0.717, 1.165) is 0 Å². The largest absolute Gasteiger partial charge is 0.366 e. The number of nitrogens with one attached hydrogen (secondary N) is 1. The van der Waals surface area contributed by atoms with Crippen LogP contribution in [-0.2, 0) is 0 Å². The SMILES string of the molecule is NC(=O)c1cccc(NC(=O)c2ccc(Cl)cc2Cl)c1. The molecule has 0 fully saturated rings. The van der Waals surface area contributed by atoms with Crippen LogP contribution < -0.4 is 11.1 Å². The normalized spacial score (nSPS) is 10.1. The molecule has 2 rings (SSSR count). The van der Waals surface area contributed by atoms with E-state index in [2.05, 4.69) is 5.32 Å². The highest BCUT2D eigenvalue weighted by Crippen LogP contribution is 2.22. The van der Waals surface area contributed by atoms with Crippen LogP contribution in [-0.4, -0.2) is 11.8 Å². The summed E-state index contributed by atoms with van der Waals surface area (Å²) in [7, 11) is 0. The van der Waals surface area contributed by atoms with Crippen LogP contribution in [0.4, 0.5) is 5.69 Å². The quantitative estimate of drug-likeness (QED) is 0.912. The summed E-state index contributed by atoms with van der Waals surface area (Å²) in [4.78, 5) is 23.1. The van der Waals surface area contributed by atoms with Crippen LogP contribution in [0.2, 0.25) is 10.0 Å². The molecule has 2 aromatic carbocycles. The summed E-state index contributed by atoms with van der Waals surface area (Å²) < 4.78 is 0. The van der Waals surface area contributed by atoms with Gasteiger partial charge in [-0.15, -0.1) is 0 Å². The molecule has 0 aliphatic rings. The van der Waals surface area contributed by atoms with E-state index in [4.69, 9.17) is 28.9 Å². The number of benzene rings is 2. The van der Waals surface area contributed by atoms with Crippen LogP contribution in [0.3, 0.4) is 0 Å². The Balaban J connectivity index is 2.23. The van der Waals surface area contributed by atoms with E-state index in [1.165, 1.54) is 18.2 Å². The molecule has 0 unspecified atom stereocenters. The van der Waals surface area contributed by atoms with Gasteiger partial charge in [0.15, 0.2) is 0 Å². The lowest BCUT2D eigenvalue weighted by molar-refractivity contribution is 0.0996. The van der Waals surface area contributed by atoms with Crippen LogP contribution in [0.5, 0.6) is 0 Å². The molecule has 0 radical (unpaired) electrons. The highest BCUT2D eigenvalue weighted by Gasteiger charge is 2.11. The first-order chi connectivity index (χ1) is 9.47. The summed E-state index contributed by atoms with van der Waals surface area (Å²) in [5.41, 5.74) is 6.24. The van der Waals surface area contributed by atoms with Gasteiger partial charge in [-0.1, -0.05) is 29.3 Å². The van der Waals surface area contributed by atoms with Crippen LogP contribution in [0.1, 0.15) is 20.7 Å². The van der Waals surface area contributed by atoms with E-state index in [1.54, 1.807) is 24.3 Å². The van der Waals surface area contributed by atoms with Gasteiger partial charge in [-0.3, -0.25) is 9.59 Å². The predicted octanol–water partition coefficient (Wildman–Crippen LogP) is 3.34. The number of carbonyl (C=O) groups is 2. The second kappa shape index (κ2) is 5.94. The fraction of sp³-hybridized carbons (Fsp3) is 0. The molecular weight excluding hydrogens is 299 g/mol. The van der Waals surface area contributed by atoms with Crippen molar-refractivity contribution in [2.75, 3.05) is 5.32 Å². The van der Waals surface area contributed by atoms with Crippen molar-refractivity contribution in [1.29, 1.82) is 0 Å². The summed E-state index contributed by atoms with van der Waals surface area (Å²) in [6, 6.07) is 10.9. The minimum Gasteiger partial charge on any atom is -0.366 e. The van der Waals surface area contributed by atoms with E-state index in [1.807, 2.05) is 0 Å². The van der Waals surface area contributed by atoms with Crippen molar-refractivity contribution in [3.63, 3.8) is 0 Å². The van der Waals surface area contributed by atoms with Crippen molar-refractivity contribution in [3.8, 4) is 0 Å². The Morgan fingerprint density at radius 2 is 1.80 bits per heavy atom. The summed E-state index contributed by atoms with van der Waals surface area (Å²) in [6.07, 6.45) is 0. The summed E-state index contributed by atoms with van der Waals surface area (Å²) in [6.45, 7) is 0. The van der Waals surface area contributed by atoms with Crippen molar-refractivity contribution >= 4 is 40.7 Å². The Labute approximate surface area is 125 Å². The Kier molecular flexibility index (Phi) is 4.27. The van der Waals surface area contributed by atoms with Crippen LogP contribution in [0.25, 0.3) is 0 Å². The molecule has 0 atom stereocenters. The third-order valence-electron chi connectivity index (χ3n) is 2.58. The Morgan fingerprint density at radius 1 is 1.05 bits per heavy atom. The smallest absolute Gasteiger partial charge is 0.257 e. The zero-order chi connectivity index (χ0) is 14.7. The average molecular weight is 309 g/mol. The molecule has 2 amide bonds. The number of rotatable bonds is 3. The lowest BCUT2D eigenvalue weighted by atomic mass is 10.1. The van der Waals surface area contributed by atoms with Gasteiger partial charge in [-0.25, -0.2) is 0 Å². The molecule has 0 saturated carbocycles. The number of halogens is 2. The first kappa shape index (κ1) is 14.4. The average Bonchev–Trinajstić information content (AvgIpc) is 2.38. The van der Waals surface area contributed by atoms with Crippen molar-refractivity contribution < 1.29 is 9.59 Å². The van der Waals surface area contributed by atoms with Crippen molar-refractivity contribution in [2.24, 2.45) is 5.73 Å². The maximum absolute atomic E-state index is 12.1. The van der Waals surface area contributed by atoms with E-state index < -0.39 is 11.8 Å². The fourth-order valence-electron chi connectivity index (χ4n) is 1.62. The summed E-state index contributed by atoms with van der Waals surface area (Å²) >= 11 is 11.7. The molecule has 0 saturated heterocycles. The van der Waals surface area contributed by atoms with Crippen LogP contribution in [0.15, 0.2) is 42.5 Å². The molecule has 0 aromatic heterocycles. The Bertz CT molecular complexity index is 687. The van der Waals surface area contributed by atoms with Crippen molar-refractivity contribution in [3.05, 3.63) is 63.6 Å². The number of nitrogens with two attached hydrogens (primary N) is 1. The number of primary amides is 1. The van der Waals surface area contributed by atoms with E-state index in [0.29, 0.717) is 21.8 Å². The first-order valence-electron chi connectivity index (χ1n) is 5.63. The summed E-state index contributed by atoms with van der Waals surface area (Å²) in [5, 5.41) is 3.34. The monoisotopic (exact) mass is 308 g/mol. The number of amides is 2. The molecule has 3 N–H and O–H groups in total. The number of hydrogen-bond acceptors (Lipinski definition) is 2. The molecule has 0 aliphatic heterocycles. The van der Waals surface area contributed by atoms with Crippen LogP contribution in [0, 0.1) is 0 Å². The van der Waals surface area contributed by atoms with Gasteiger partial charge < -0.3 is 11.1 Å². The molecule has 0 bridgehead atoms. The molecule has 0 spiro atoms. The second-order valence-corrected chi connectivity index (χ2v) is 4.87. The fourth-order valence-corrected chi connectivity index (χ4v) is 2.12. The highest BCUT2D eigenvalue weighted by atomic mass is 35.5. The molecule has 0 aliphatic carbocycles. The molecule has 4 nitrogen and oxygen atoms in total. The van der Waals surface area contributed by atoms with Gasteiger partial charge in [-0.05, 0) is 36.4 Å². The maximum atomic E-state index is 12.1.